The van der Waals surface area contributed by atoms with E-state index in [1.807, 2.05) is 6.20 Å². The smallest absolute Gasteiger partial charge is 0.199 e. The normalized spacial score (nSPS) is 19.6. The third-order valence-electron chi connectivity index (χ3n) is 3.55. The van der Waals surface area contributed by atoms with Crippen LogP contribution in [-0.2, 0) is 0 Å². The Bertz CT molecular complexity index is 586. The average molecular weight is 248 g/mol. The summed E-state index contributed by atoms with van der Waals surface area (Å²) in [6.07, 6.45) is 8.36. The standard InChI is InChI=1S/C12H16N4S/c1-8-10-7-13-16(9-5-3-2-4-6-9)11(10)15-12(17)14-8/h7,9,13H,1-6H2,(H,14,17). The number of anilines is 1. The van der Waals surface area contributed by atoms with Crippen molar-refractivity contribution in [2.45, 2.75) is 38.1 Å². The topological polar surface area (TPSA) is 44.0 Å². The quantitative estimate of drug-likeness (QED) is 0.726. The fraction of sp³-hybridized carbons (Fsp3) is 0.500. The first-order chi connectivity index (χ1) is 8.25. The van der Waals surface area contributed by atoms with Gasteiger partial charge in [0.2, 0.25) is 0 Å². The van der Waals surface area contributed by atoms with Crippen LogP contribution in [-0.4, -0.2) is 16.0 Å². The Morgan fingerprint density at radius 3 is 2.88 bits per heavy atom. The van der Waals surface area contributed by atoms with Crippen LogP contribution in [0.3, 0.4) is 0 Å². The van der Waals surface area contributed by atoms with Crippen molar-refractivity contribution in [3.8, 4) is 0 Å². The van der Waals surface area contributed by atoms with Crippen molar-refractivity contribution >= 4 is 30.8 Å². The summed E-state index contributed by atoms with van der Waals surface area (Å²) in [5, 5.41) is 4.03. The molecule has 1 aliphatic carbocycles. The Kier molecular flexibility index (Phi) is 2.63. The molecule has 0 aromatic carbocycles. The fourth-order valence-electron chi connectivity index (χ4n) is 2.66. The van der Waals surface area contributed by atoms with E-state index in [0.717, 1.165) is 16.4 Å². The van der Waals surface area contributed by atoms with Crippen molar-refractivity contribution in [3.63, 3.8) is 0 Å². The molecule has 1 saturated carbocycles. The zero-order valence-corrected chi connectivity index (χ0v) is 10.5. The van der Waals surface area contributed by atoms with Gasteiger partial charge in [0.05, 0.1) is 11.3 Å². The van der Waals surface area contributed by atoms with Crippen molar-refractivity contribution in [2.24, 2.45) is 0 Å². The van der Waals surface area contributed by atoms with Crippen LogP contribution in [0, 0.1) is 4.77 Å². The van der Waals surface area contributed by atoms with Gasteiger partial charge in [-0.25, -0.2) is 4.98 Å². The number of nitrogens with one attached hydrogen (secondary N) is 2. The van der Waals surface area contributed by atoms with E-state index in [1.54, 1.807) is 0 Å². The molecule has 4 nitrogen and oxygen atoms in total. The fourth-order valence-corrected chi connectivity index (χ4v) is 2.87. The van der Waals surface area contributed by atoms with Crippen LogP contribution in [0.5, 0.6) is 0 Å². The molecule has 1 fully saturated rings. The van der Waals surface area contributed by atoms with Crippen LogP contribution in [0.2, 0.25) is 0 Å². The number of rotatable bonds is 1. The molecule has 2 heterocycles. The molecular weight excluding hydrogens is 232 g/mol. The minimum absolute atomic E-state index is 0.506. The largest absolute Gasteiger partial charge is 0.331 e. The van der Waals surface area contributed by atoms with Gasteiger partial charge < -0.3 is 10.4 Å². The molecular formula is C12H16N4S. The lowest BCUT2D eigenvalue weighted by Crippen LogP contribution is -2.43. The molecule has 1 aromatic heterocycles. The van der Waals surface area contributed by atoms with Crippen LogP contribution < -0.4 is 21.0 Å². The highest BCUT2D eigenvalue weighted by Crippen LogP contribution is 2.24. The Morgan fingerprint density at radius 1 is 1.35 bits per heavy atom. The number of hydrogen-bond acceptors (Lipinski definition) is 4. The van der Waals surface area contributed by atoms with Gasteiger partial charge in [-0.1, -0.05) is 25.8 Å². The van der Waals surface area contributed by atoms with Gasteiger partial charge in [0.1, 0.15) is 0 Å². The van der Waals surface area contributed by atoms with Gasteiger partial charge in [0, 0.05) is 11.5 Å². The number of aromatic nitrogens is 2. The molecule has 2 aliphatic rings. The zero-order chi connectivity index (χ0) is 11.8. The Balaban J connectivity index is 2.00. The molecule has 2 N–H and O–H groups in total. The molecule has 0 spiro atoms. The second kappa shape index (κ2) is 4.14. The van der Waals surface area contributed by atoms with Gasteiger partial charge in [0.25, 0.3) is 0 Å². The Morgan fingerprint density at radius 2 is 2.12 bits per heavy atom. The predicted octanol–water partition coefficient (Wildman–Crippen LogP) is 0.945. The maximum absolute atomic E-state index is 5.12. The zero-order valence-electron chi connectivity index (χ0n) is 9.70. The molecule has 3 rings (SSSR count). The van der Waals surface area contributed by atoms with E-state index in [1.165, 1.54) is 32.1 Å². The SMILES string of the molecule is C=c1[nH]c(=S)nc2c1=CNN2C1CCCCC1. The van der Waals surface area contributed by atoms with Crippen molar-refractivity contribution in [1.29, 1.82) is 0 Å². The third kappa shape index (κ3) is 1.84. The summed E-state index contributed by atoms with van der Waals surface area (Å²) >= 11 is 5.12. The van der Waals surface area contributed by atoms with Crippen LogP contribution in [0.25, 0.3) is 12.8 Å². The van der Waals surface area contributed by atoms with Gasteiger partial charge >= 0.3 is 0 Å². The molecule has 0 saturated heterocycles. The lowest BCUT2D eigenvalue weighted by Gasteiger charge is -2.32. The summed E-state index contributed by atoms with van der Waals surface area (Å²) in [4.78, 5) is 7.41. The Hall–Kier alpha value is -1.36. The van der Waals surface area contributed by atoms with Gasteiger partial charge in [-0.2, -0.15) is 0 Å². The van der Waals surface area contributed by atoms with Crippen molar-refractivity contribution < 1.29 is 0 Å². The molecule has 90 valence electrons. The first-order valence-electron chi connectivity index (χ1n) is 6.10. The number of aromatic amines is 1. The van der Waals surface area contributed by atoms with Crippen molar-refractivity contribution in [2.75, 3.05) is 5.01 Å². The number of hydrazine groups is 1. The number of fused-ring (bicyclic) bond motifs is 1. The van der Waals surface area contributed by atoms with Crippen LogP contribution >= 0.6 is 12.2 Å². The summed E-state index contributed by atoms with van der Waals surface area (Å²) in [7, 11) is 0. The summed E-state index contributed by atoms with van der Waals surface area (Å²) in [5.74, 6) is 0.936. The monoisotopic (exact) mass is 248 g/mol. The minimum atomic E-state index is 0.506. The lowest BCUT2D eigenvalue weighted by molar-refractivity contribution is 0.405. The second-order valence-electron chi connectivity index (χ2n) is 4.69. The van der Waals surface area contributed by atoms with E-state index in [9.17, 15) is 0 Å². The molecule has 17 heavy (non-hydrogen) atoms. The molecule has 1 aliphatic heterocycles. The van der Waals surface area contributed by atoms with E-state index in [4.69, 9.17) is 12.2 Å². The van der Waals surface area contributed by atoms with E-state index in [-0.39, 0.29) is 0 Å². The van der Waals surface area contributed by atoms with Crippen molar-refractivity contribution in [3.05, 3.63) is 15.3 Å². The first kappa shape index (κ1) is 10.8. The molecule has 1 aromatic rings. The van der Waals surface area contributed by atoms with Gasteiger partial charge in [-0.3, -0.25) is 5.01 Å². The molecule has 0 unspecified atom stereocenters. The summed E-state index contributed by atoms with van der Waals surface area (Å²) in [5.41, 5.74) is 3.30. The van der Waals surface area contributed by atoms with E-state index in [2.05, 4.69) is 27.0 Å². The van der Waals surface area contributed by atoms with Crippen LogP contribution in [0.4, 0.5) is 5.82 Å². The highest BCUT2D eigenvalue weighted by molar-refractivity contribution is 7.71. The number of nitrogens with zero attached hydrogens (tertiary/aromatic N) is 2. The van der Waals surface area contributed by atoms with Crippen molar-refractivity contribution in [1.82, 2.24) is 15.4 Å². The maximum atomic E-state index is 5.12. The predicted molar refractivity (Wildman–Crippen MR) is 71.1 cm³/mol. The summed E-state index contributed by atoms with van der Waals surface area (Å²) in [6.45, 7) is 3.97. The van der Waals surface area contributed by atoms with Gasteiger partial charge in [-0.05, 0) is 25.1 Å². The van der Waals surface area contributed by atoms with E-state index >= 15 is 0 Å². The molecule has 5 heteroatoms. The molecule has 0 bridgehead atoms. The second-order valence-corrected chi connectivity index (χ2v) is 5.08. The highest BCUT2D eigenvalue weighted by Gasteiger charge is 2.25. The average Bonchev–Trinajstić information content (AvgIpc) is 2.74. The summed E-state index contributed by atoms with van der Waals surface area (Å²) in [6, 6.07) is 0.532. The van der Waals surface area contributed by atoms with Gasteiger partial charge in [-0.15, -0.1) is 0 Å². The Labute approximate surface area is 105 Å². The van der Waals surface area contributed by atoms with Gasteiger partial charge in [0.15, 0.2) is 10.6 Å². The van der Waals surface area contributed by atoms with E-state index < -0.39 is 0 Å². The third-order valence-corrected chi connectivity index (χ3v) is 3.74. The molecule has 0 radical (unpaired) electrons. The minimum Gasteiger partial charge on any atom is -0.331 e. The highest BCUT2D eigenvalue weighted by atomic mass is 32.1. The number of hydrogen-bond donors (Lipinski definition) is 2. The van der Waals surface area contributed by atoms with Crippen LogP contribution in [0.1, 0.15) is 32.1 Å². The lowest BCUT2D eigenvalue weighted by atomic mass is 9.95. The summed E-state index contributed by atoms with van der Waals surface area (Å²) < 4.78 is 0.506. The maximum Gasteiger partial charge on any atom is 0.199 e. The molecule has 0 amide bonds. The van der Waals surface area contributed by atoms with Crippen LogP contribution in [0.15, 0.2) is 0 Å². The number of H-pyrrole nitrogens is 1. The first-order valence-corrected chi connectivity index (χ1v) is 6.51. The van der Waals surface area contributed by atoms with E-state index in [0.29, 0.717) is 10.8 Å². The molecule has 0 atom stereocenters.